The summed E-state index contributed by atoms with van der Waals surface area (Å²) in [7, 11) is 0. The van der Waals surface area contributed by atoms with Crippen LogP contribution in [0.1, 0.15) is 31.2 Å². The molecule has 1 saturated carbocycles. The third-order valence-electron chi connectivity index (χ3n) is 5.32. The van der Waals surface area contributed by atoms with E-state index in [2.05, 4.69) is 10.2 Å². The minimum absolute atomic E-state index is 0.0450. The molecule has 1 aliphatic carbocycles. The Morgan fingerprint density at radius 1 is 1.15 bits per heavy atom. The normalized spacial score (nSPS) is 28.1. The first-order valence-corrected chi connectivity index (χ1v) is 8.79. The first-order valence-electron chi connectivity index (χ1n) is 8.79. The Morgan fingerprint density at radius 2 is 1.92 bits per heavy atom. The van der Waals surface area contributed by atoms with E-state index in [4.69, 9.17) is 0 Å². The Bertz CT molecular complexity index is 722. The summed E-state index contributed by atoms with van der Waals surface area (Å²) in [6.07, 6.45) is 2.94. The van der Waals surface area contributed by atoms with Crippen molar-refractivity contribution in [2.45, 2.75) is 50.7 Å². The molecule has 2 aliphatic heterocycles. The Balaban J connectivity index is 1.54. The van der Waals surface area contributed by atoms with Gasteiger partial charge in [0.15, 0.2) is 0 Å². The molecule has 2 heterocycles. The van der Waals surface area contributed by atoms with Crippen molar-refractivity contribution in [3.63, 3.8) is 0 Å². The van der Waals surface area contributed by atoms with Gasteiger partial charge in [-0.25, -0.2) is 5.43 Å². The highest BCUT2D eigenvalue weighted by Gasteiger charge is 2.48. The number of benzene rings is 1. The monoisotopic (exact) mass is 367 g/mol. The van der Waals surface area contributed by atoms with E-state index in [0.29, 0.717) is 11.6 Å². The molecule has 5 nitrogen and oxygen atoms in total. The minimum Gasteiger partial charge on any atom is -0.405 e. The van der Waals surface area contributed by atoms with Crippen LogP contribution in [0.25, 0.3) is 0 Å². The second kappa shape index (κ2) is 6.50. The zero-order valence-electron chi connectivity index (χ0n) is 14.1. The zero-order chi connectivity index (χ0) is 18.3. The highest BCUT2D eigenvalue weighted by Crippen LogP contribution is 2.37. The van der Waals surface area contributed by atoms with E-state index in [1.54, 1.807) is 24.5 Å². The molecule has 3 unspecified atom stereocenters. The van der Waals surface area contributed by atoms with Gasteiger partial charge in [-0.2, -0.15) is 0 Å². The van der Waals surface area contributed by atoms with E-state index in [9.17, 15) is 18.0 Å². The van der Waals surface area contributed by atoms with Gasteiger partial charge in [-0.1, -0.05) is 31.0 Å². The fraction of sp³-hybridized carbons (Fsp3) is 0.500. The maximum Gasteiger partial charge on any atom is 0.573 e. The highest BCUT2D eigenvalue weighted by atomic mass is 19.4. The van der Waals surface area contributed by atoms with Crippen LogP contribution in [0, 0.1) is 5.92 Å². The molecule has 0 spiro atoms. The summed E-state index contributed by atoms with van der Waals surface area (Å²) in [4.78, 5) is 14.5. The summed E-state index contributed by atoms with van der Waals surface area (Å²) in [5.41, 5.74) is 3.70. The van der Waals surface area contributed by atoms with E-state index in [-0.39, 0.29) is 30.2 Å². The molecular formula is C18H20F3N3O2. The van der Waals surface area contributed by atoms with Crippen LogP contribution in [0.5, 0.6) is 5.75 Å². The predicted molar refractivity (Wildman–Crippen MR) is 87.3 cm³/mol. The number of halogens is 3. The largest absolute Gasteiger partial charge is 0.573 e. The fourth-order valence-electron chi connectivity index (χ4n) is 4.18. The van der Waals surface area contributed by atoms with Crippen molar-refractivity contribution in [3.8, 4) is 5.75 Å². The van der Waals surface area contributed by atoms with Crippen molar-refractivity contribution in [2.75, 3.05) is 0 Å². The third kappa shape index (κ3) is 3.25. The van der Waals surface area contributed by atoms with Crippen LogP contribution in [0.4, 0.5) is 13.2 Å². The molecular weight excluding hydrogens is 347 g/mol. The fourth-order valence-corrected chi connectivity index (χ4v) is 4.18. The Labute approximate surface area is 149 Å². The van der Waals surface area contributed by atoms with E-state index < -0.39 is 6.36 Å². The molecule has 8 heteroatoms. The zero-order valence-corrected chi connectivity index (χ0v) is 14.1. The van der Waals surface area contributed by atoms with Gasteiger partial charge in [0.25, 0.3) is 5.91 Å². The smallest absolute Gasteiger partial charge is 0.405 e. The standard InChI is InChI=1S/C18H20F3N3O2/c19-18(20,21)26-15-8-4-1-5-12(15)11-23-9-10-24-16(17(23)25)13-6-2-3-7-14(13)22-24/h1,4-5,8-10,13-14,16,22H,2-3,6-7,11H2. The number of nitrogens with zero attached hydrogens (tertiary/aromatic N) is 2. The van der Waals surface area contributed by atoms with Gasteiger partial charge in [0.1, 0.15) is 11.8 Å². The molecule has 0 bridgehead atoms. The lowest BCUT2D eigenvalue weighted by Crippen LogP contribution is -2.49. The van der Waals surface area contributed by atoms with Gasteiger partial charge in [-0.05, 0) is 18.9 Å². The van der Waals surface area contributed by atoms with Crippen LogP contribution >= 0.6 is 0 Å². The molecule has 1 amide bonds. The average Bonchev–Trinajstić information content (AvgIpc) is 2.97. The Morgan fingerprint density at radius 3 is 2.73 bits per heavy atom. The van der Waals surface area contributed by atoms with Crippen LogP contribution in [-0.2, 0) is 11.3 Å². The second-order valence-electron chi connectivity index (χ2n) is 6.96. The minimum atomic E-state index is -4.76. The van der Waals surface area contributed by atoms with Gasteiger partial charge in [0, 0.05) is 29.9 Å². The van der Waals surface area contributed by atoms with Gasteiger partial charge in [0.2, 0.25) is 0 Å². The maximum atomic E-state index is 13.0. The molecule has 2 fully saturated rings. The number of para-hydroxylation sites is 1. The average molecular weight is 367 g/mol. The van der Waals surface area contributed by atoms with Crippen molar-refractivity contribution in [3.05, 3.63) is 42.2 Å². The lowest BCUT2D eigenvalue weighted by Gasteiger charge is -2.34. The van der Waals surface area contributed by atoms with Crippen LogP contribution in [0.2, 0.25) is 0 Å². The Hall–Kier alpha value is -2.22. The maximum absolute atomic E-state index is 13.0. The summed E-state index contributed by atoms with van der Waals surface area (Å²) < 4.78 is 41.9. The summed E-state index contributed by atoms with van der Waals surface area (Å²) in [6, 6.07) is 5.93. The molecule has 0 aromatic heterocycles. The van der Waals surface area contributed by atoms with Crippen LogP contribution in [-0.4, -0.2) is 34.3 Å². The number of alkyl halides is 3. The molecule has 1 aromatic carbocycles. The number of nitrogens with one attached hydrogen (secondary N) is 1. The summed E-state index contributed by atoms with van der Waals surface area (Å²) in [5.74, 6) is -0.120. The number of carbonyl (C=O) groups is 1. The molecule has 0 radical (unpaired) electrons. The van der Waals surface area contributed by atoms with E-state index >= 15 is 0 Å². The molecule has 4 rings (SSSR count). The van der Waals surface area contributed by atoms with E-state index in [0.717, 1.165) is 25.7 Å². The van der Waals surface area contributed by atoms with Gasteiger partial charge >= 0.3 is 6.36 Å². The summed E-state index contributed by atoms with van der Waals surface area (Å²) in [6.45, 7) is 0.0450. The number of rotatable bonds is 3. The third-order valence-corrected chi connectivity index (χ3v) is 5.32. The molecule has 26 heavy (non-hydrogen) atoms. The van der Waals surface area contributed by atoms with Gasteiger partial charge < -0.3 is 14.6 Å². The number of fused-ring (bicyclic) bond motifs is 3. The quantitative estimate of drug-likeness (QED) is 0.892. The first kappa shape index (κ1) is 17.2. The van der Waals surface area contributed by atoms with Crippen LogP contribution in [0.3, 0.4) is 0 Å². The molecule has 1 aromatic rings. The number of hydrogen-bond donors (Lipinski definition) is 1. The molecule has 1 N–H and O–H groups in total. The van der Waals surface area contributed by atoms with Crippen molar-refractivity contribution in [1.29, 1.82) is 0 Å². The van der Waals surface area contributed by atoms with Gasteiger partial charge in [-0.3, -0.25) is 4.79 Å². The van der Waals surface area contributed by atoms with Gasteiger partial charge in [0.05, 0.1) is 6.54 Å². The molecule has 140 valence electrons. The molecule has 3 aliphatic rings. The molecule has 1 saturated heterocycles. The SMILES string of the molecule is O=C1C2C3CCCCC3NN2C=CN1Cc1ccccc1OC(F)(F)F. The summed E-state index contributed by atoms with van der Waals surface area (Å²) in [5, 5.41) is 1.86. The number of hydrazine groups is 1. The Kier molecular flexibility index (Phi) is 4.30. The number of hydrogen-bond acceptors (Lipinski definition) is 4. The number of carbonyl (C=O) groups excluding carboxylic acids is 1. The lowest BCUT2D eigenvalue weighted by atomic mass is 9.81. The highest BCUT2D eigenvalue weighted by molar-refractivity contribution is 5.84. The second-order valence-corrected chi connectivity index (χ2v) is 6.96. The van der Waals surface area contributed by atoms with E-state index in [1.807, 2.05) is 5.01 Å². The number of ether oxygens (including phenoxy) is 1. The predicted octanol–water partition coefficient (Wildman–Crippen LogP) is 3.15. The topological polar surface area (TPSA) is 44.8 Å². The van der Waals surface area contributed by atoms with Crippen LogP contribution in [0.15, 0.2) is 36.7 Å². The summed E-state index contributed by atoms with van der Waals surface area (Å²) >= 11 is 0. The van der Waals surface area contributed by atoms with E-state index in [1.165, 1.54) is 17.0 Å². The van der Waals surface area contributed by atoms with Gasteiger partial charge in [-0.15, -0.1) is 13.2 Å². The first-order chi connectivity index (χ1) is 12.4. The van der Waals surface area contributed by atoms with Crippen molar-refractivity contribution in [1.82, 2.24) is 15.3 Å². The number of amides is 1. The molecule has 3 atom stereocenters. The van der Waals surface area contributed by atoms with Crippen LogP contribution < -0.4 is 10.2 Å². The lowest BCUT2D eigenvalue weighted by molar-refractivity contribution is -0.274. The van der Waals surface area contributed by atoms with Crippen molar-refractivity contribution >= 4 is 5.91 Å². The van der Waals surface area contributed by atoms with Crippen molar-refractivity contribution < 1.29 is 22.7 Å². The van der Waals surface area contributed by atoms with Crippen molar-refractivity contribution in [2.24, 2.45) is 5.92 Å².